The van der Waals surface area contributed by atoms with Crippen LogP contribution in [-0.4, -0.2) is 22.8 Å². The summed E-state index contributed by atoms with van der Waals surface area (Å²) in [7, 11) is 0. The Bertz CT molecular complexity index is 1080. The summed E-state index contributed by atoms with van der Waals surface area (Å²) >= 11 is 0. The molecule has 5 nitrogen and oxygen atoms in total. The molecule has 0 bridgehead atoms. The van der Waals surface area contributed by atoms with Crippen LogP contribution in [-0.2, 0) is 4.79 Å². The Balaban J connectivity index is 1.62. The van der Waals surface area contributed by atoms with Crippen molar-refractivity contribution in [1.29, 1.82) is 0 Å². The molecule has 1 unspecified atom stereocenters. The molecular formula is C26H27N3O2. The van der Waals surface area contributed by atoms with E-state index in [4.69, 9.17) is 0 Å². The largest absolute Gasteiger partial charge is 0.326 e. The molecule has 0 saturated heterocycles. The number of hydrogen-bond donors (Lipinski definition) is 1. The zero-order valence-corrected chi connectivity index (χ0v) is 18.1. The van der Waals surface area contributed by atoms with Crippen molar-refractivity contribution < 1.29 is 9.59 Å². The number of pyridine rings is 1. The number of aryl methyl sites for hydroxylation is 1. The number of carbonyl (C=O) groups excluding carboxylic acids is 2. The zero-order valence-electron chi connectivity index (χ0n) is 18.1. The lowest BCUT2D eigenvalue weighted by atomic mass is 9.78. The van der Waals surface area contributed by atoms with Crippen molar-refractivity contribution in [3.63, 3.8) is 0 Å². The van der Waals surface area contributed by atoms with Gasteiger partial charge in [0.1, 0.15) is 0 Å². The quantitative estimate of drug-likeness (QED) is 0.640. The molecule has 1 aromatic heterocycles. The van der Waals surface area contributed by atoms with Gasteiger partial charge in [-0.3, -0.25) is 14.6 Å². The van der Waals surface area contributed by atoms with E-state index in [9.17, 15) is 9.59 Å². The molecule has 0 fully saturated rings. The highest BCUT2D eigenvalue weighted by Gasteiger charge is 2.38. The molecule has 3 aromatic rings. The van der Waals surface area contributed by atoms with Crippen molar-refractivity contribution in [2.24, 2.45) is 5.92 Å². The van der Waals surface area contributed by atoms with Gasteiger partial charge in [0.15, 0.2) is 0 Å². The first kappa shape index (κ1) is 20.8. The highest BCUT2D eigenvalue weighted by Crippen LogP contribution is 2.43. The van der Waals surface area contributed by atoms with Gasteiger partial charge < -0.3 is 10.2 Å². The third-order valence-electron chi connectivity index (χ3n) is 6.07. The van der Waals surface area contributed by atoms with Crippen LogP contribution in [0.3, 0.4) is 0 Å². The van der Waals surface area contributed by atoms with Crippen LogP contribution in [0.1, 0.15) is 47.8 Å². The Hall–Kier alpha value is -3.47. The van der Waals surface area contributed by atoms with Crippen LogP contribution < -0.4 is 10.2 Å². The molecule has 1 N–H and O–H groups in total. The molecular weight excluding hydrogens is 386 g/mol. The minimum Gasteiger partial charge on any atom is -0.326 e. The van der Waals surface area contributed by atoms with Gasteiger partial charge in [-0.15, -0.1) is 0 Å². The van der Waals surface area contributed by atoms with Crippen LogP contribution in [0.5, 0.6) is 0 Å². The van der Waals surface area contributed by atoms with E-state index in [2.05, 4.69) is 10.3 Å². The molecule has 2 heterocycles. The highest BCUT2D eigenvalue weighted by molar-refractivity contribution is 6.07. The number of benzene rings is 2. The minimum absolute atomic E-state index is 0.0132. The van der Waals surface area contributed by atoms with E-state index in [1.54, 1.807) is 6.20 Å². The summed E-state index contributed by atoms with van der Waals surface area (Å²) in [4.78, 5) is 32.5. The van der Waals surface area contributed by atoms with Crippen molar-refractivity contribution in [3.8, 4) is 0 Å². The fourth-order valence-corrected chi connectivity index (χ4v) is 4.33. The average Bonchev–Trinajstić information content (AvgIpc) is 2.79. The van der Waals surface area contributed by atoms with E-state index < -0.39 is 0 Å². The van der Waals surface area contributed by atoms with Crippen LogP contribution >= 0.6 is 0 Å². The highest BCUT2D eigenvalue weighted by atomic mass is 16.2. The molecule has 158 valence electrons. The van der Waals surface area contributed by atoms with Gasteiger partial charge in [0.2, 0.25) is 5.91 Å². The fraction of sp³-hybridized carbons (Fsp3) is 0.269. The Morgan fingerprint density at radius 1 is 1.03 bits per heavy atom. The predicted molar refractivity (Wildman–Crippen MR) is 123 cm³/mol. The van der Waals surface area contributed by atoms with Crippen LogP contribution in [0.2, 0.25) is 0 Å². The lowest BCUT2D eigenvalue weighted by Crippen LogP contribution is -2.45. The summed E-state index contributed by atoms with van der Waals surface area (Å²) < 4.78 is 0. The summed E-state index contributed by atoms with van der Waals surface area (Å²) in [5.74, 6) is -0.287. The second kappa shape index (κ2) is 8.72. The van der Waals surface area contributed by atoms with Crippen molar-refractivity contribution in [2.45, 2.75) is 39.2 Å². The Kier molecular flexibility index (Phi) is 5.85. The predicted octanol–water partition coefficient (Wildman–Crippen LogP) is 5.19. The number of hydrogen-bond acceptors (Lipinski definition) is 3. The monoisotopic (exact) mass is 413 g/mol. The Morgan fingerprint density at radius 3 is 2.45 bits per heavy atom. The molecule has 2 amide bonds. The molecule has 3 atom stereocenters. The Labute approximate surface area is 183 Å². The second-order valence-corrected chi connectivity index (χ2v) is 8.26. The maximum atomic E-state index is 13.3. The van der Waals surface area contributed by atoms with Gasteiger partial charge in [-0.1, -0.05) is 43.3 Å². The van der Waals surface area contributed by atoms with Crippen LogP contribution in [0.4, 0.5) is 11.4 Å². The summed E-state index contributed by atoms with van der Waals surface area (Å²) in [6.07, 6.45) is 2.35. The molecule has 31 heavy (non-hydrogen) atoms. The molecule has 0 aliphatic carbocycles. The van der Waals surface area contributed by atoms with Gasteiger partial charge in [0.25, 0.3) is 5.91 Å². The zero-order chi connectivity index (χ0) is 22.0. The third-order valence-corrected chi connectivity index (χ3v) is 6.07. The van der Waals surface area contributed by atoms with Gasteiger partial charge in [-0.05, 0) is 62.1 Å². The summed E-state index contributed by atoms with van der Waals surface area (Å²) in [5, 5.41) is 3.02. The molecule has 0 radical (unpaired) electrons. The van der Waals surface area contributed by atoms with Gasteiger partial charge in [0, 0.05) is 35.2 Å². The number of fused-ring (bicyclic) bond motifs is 1. The number of nitrogens with zero attached hydrogens (tertiary/aromatic N) is 2. The number of nitrogens with one attached hydrogen (secondary N) is 1. The first-order valence-electron chi connectivity index (χ1n) is 10.7. The van der Waals surface area contributed by atoms with E-state index in [0.717, 1.165) is 22.6 Å². The van der Waals surface area contributed by atoms with Gasteiger partial charge in [-0.2, -0.15) is 0 Å². The summed E-state index contributed by atoms with van der Waals surface area (Å²) in [5.41, 5.74) is 4.14. The molecule has 2 aromatic carbocycles. The van der Waals surface area contributed by atoms with Crippen molar-refractivity contribution >= 4 is 23.2 Å². The average molecular weight is 414 g/mol. The van der Waals surface area contributed by atoms with Crippen LogP contribution in [0.25, 0.3) is 0 Å². The van der Waals surface area contributed by atoms with Crippen LogP contribution in [0, 0.1) is 12.8 Å². The number of aromatic nitrogens is 1. The smallest absolute Gasteiger partial charge is 0.260 e. The first-order valence-corrected chi connectivity index (χ1v) is 10.7. The standard InChI is InChI=1S/C26H27N3O2/c1-17-13-14-20(16-27-17)26(31)29-18(2)15-23(22-11-7-8-12-24(22)29)19(3)25(30)28-21-9-5-4-6-10-21/h4-14,16,18-19,23H,15H2,1-3H3,(H,28,30)/t18-,19?,23-/m0/s1. The van der Waals surface area contributed by atoms with Gasteiger partial charge in [-0.25, -0.2) is 0 Å². The Morgan fingerprint density at radius 2 is 1.74 bits per heavy atom. The van der Waals surface area contributed by atoms with E-state index in [-0.39, 0.29) is 29.7 Å². The van der Waals surface area contributed by atoms with E-state index in [1.807, 2.05) is 92.4 Å². The molecule has 1 aliphatic heterocycles. The molecule has 4 rings (SSSR count). The molecule has 1 aliphatic rings. The van der Waals surface area contributed by atoms with E-state index >= 15 is 0 Å². The SMILES string of the molecule is Cc1ccc(C(=O)N2c3ccccc3[C@H](C(C)C(=O)Nc3ccccc3)C[C@@H]2C)cn1. The normalized spacial score (nSPS) is 18.7. The lowest BCUT2D eigenvalue weighted by Gasteiger charge is -2.41. The first-order chi connectivity index (χ1) is 15.0. The number of para-hydroxylation sites is 2. The van der Waals surface area contributed by atoms with Gasteiger partial charge >= 0.3 is 0 Å². The van der Waals surface area contributed by atoms with Crippen molar-refractivity contribution in [2.75, 3.05) is 10.2 Å². The topological polar surface area (TPSA) is 62.3 Å². The van der Waals surface area contributed by atoms with Crippen LogP contribution in [0.15, 0.2) is 72.9 Å². The fourth-order valence-electron chi connectivity index (χ4n) is 4.33. The van der Waals surface area contributed by atoms with E-state index in [0.29, 0.717) is 12.0 Å². The number of anilines is 2. The molecule has 5 heteroatoms. The summed E-state index contributed by atoms with van der Waals surface area (Å²) in [6, 6.07) is 21.1. The lowest BCUT2D eigenvalue weighted by molar-refractivity contribution is -0.120. The minimum atomic E-state index is -0.234. The number of carbonyl (C=O) groups is 2. The maximum absolute atomic E-state index is 13.3. The van der Waals surface area contributed by atoms with Gasteiger partial charge in [0.05, 0.1) is 5.56 Å². The number of rotatable bonds is 4. The second-order valence-electron chi connectivity index (χ2n) is 8.26. The van der Waals surface area contributed by atoms with Crippen molar-refractivity contribution in [3.05, 3.63) is 89.7 Å². The molecule has 0 spiro atoms. The molecule has 0 saturated carbocycles. The van der Waals surface area contributed by atoms with Crippen molar-refractivity contribution in [1.82, 2.24) is 4.98 Å². The van der Waals surface area contributed by atoms with E-state index in [1.165, 1.54) is 0 Å². The maximum Gasteiger partial charge on any atom is 0.260 e. The number of amides is 2. The summed E-state index contributed by atoms with van der Waals surface area (Å²) in [6.45, 7) is 5.91. The third kappa shape index (κ3) is 4.22.